The average molecular weight is 493 g/mol. The molecule has 0 radical (unpaired) electrons. The third-order valence-corrected chi connectivity index (χ3v) is 6.61. The lowest BCUT2D eigenvalue weighted by atomic mass is 9.77. The smallest absolute Gasteiger partial charge is 0.256 e. The van der Waals surface area contributed by atoms with Crippen molar-refractivity contribution in [3.05, 3.63) is 64.7 Å². The minimum atomic E-state index is -0.900. The van der Waals surface area contributed by atoms with E-state index in [-0.39, 0.29) is 31.0 Å². The molecule has 2 heterocycles. The maximum atomic E-state index is 14.3. The van der Waals surface area contributed by atoms with Crippen LogP contribution in [0.4, 0.5) is 8.78 Å². The van der Waals surface area contributed by atoms with Crippen molar-refractivity contribution >= 4 is 23.4 Å². The number of hydrogen-bond donors (Lipinski definition) is 0. The number of carbonyl (C=O) groups excluding carboxylic acids is 2. The largest absolute Gasteiger partial charge is 0.493 e. The van der Waals surface area contributed by atoms with Crippen LogP contribution in [0.5, 0.6) is 5.75 Å². The van der Waals surface area contributed by atoms with Gasteiger partial charge in [-0.25, -0.2) is 8.78 Å². The Balaban J connectivity index is 1.54. The van der Waals surface area contributed by atoms with Gasteiger partial charge in [-0.3, -0.25) is 9.59 Å². The van der Waals surface area contributed by atoms with Gasteiger partial charge in [0.2, 0.25) is 5.91 Å². The Morgan fingerprint density at radius 3 is 2.47 bits per heavy atom. The summed E-state index contributed by atoms with van der Waals surface area (Å²) in [6, 6.07) is 9.87. The molecule has 0 aliphatic carbocycles. The fourth-order valence-corrected chi connectivity index (χ4v) is 4.67. The number of rotatable bonds is 6. The number of carbonyl (C=O) groups is 2. The molecular formula is C25H27ClF2N2O4. The van der Waals surface area contributed by atoms with Crippen LogP contribution in [0, 0.1) is 17.0 Å². The highest BCUT2D eigenvalue weighted by Crippen LogP contribution is 2.36. The van der Waals surface area contributed by atoms with Gasteiger partial charge in [0.05, 0.1) is 25.4 Å². The number of piperidine rings is 1. The molecule has 2 aliphatic heterocycles. The standard InChI is InChI=1S/C25H27ClF2N2O4/c26-18-2-5-20(6-3-18)34-17-25(15-23(31)29-10-12-33-13-11-29)8-1-9-30(16-25)24(32)21-7-4-19(27)14-22(21)28/h2-7,14H,1,8-13,15-17H2/t25-/m1/s1. The molecule has 6 nitrogen and oxygen atoms in total. The van der Waals surface area contributed by atoms with Gasteiger partial charge in [-0.05, 0) is 49.2 Å². The van der Waals surface area contributed by atoms with Crippen molar-refractivity contribution < 1.29 is 27.8 Å². The molecule has 0 saturated carbocycles. The Morgan fingerprint density at radius 2 is 1.76 bits per heavy atom. The first-order chi connectivity index (χ1) is 16.3. The molecule has 0 N–H and O–H groups in total. The number of likely N-dealkylation sites (tertiary alicyclic amines) is 1. The van der Waals surface area contributed by atoms with Crippen molar-refractivity contribution in [2.45, 2.75) is 19.3 Å². The van der Waals surface area contributed by atoms with Gasteiger partial charge in [0.15, 0.2) is 0 Å². The number of benzene rings is 2. The number of morpholine rings is 1. The van der Waals surface area contributed by atoms with Crippen LogP contribution in [0.25, 0.3) is 0 Å². The maximum Gasteiger partial charge on any atom is 0.256 e. The van der Waals surface area contributed by atoms with E-state index < -0.39 is 23.0 Å². The number of nitrogens with zero attached hydrogens (tertiary/aromatic N) is 2. The highest BCUT2D eigenvalue weighted by atomic mass is 35.5. The molecule has 0 aromatic heterocycles. The van der Waals surface area contributed by atoms with E-state index >= 15 is 0 Å². The van der Waals surface area contributed by atoms with Crippen molar-refractivity contribution in [3.8, 4) is 5.75 Å². The zero-order valence-corrected chi connectivity index (χ0v) is 19.5. The van der Waals surface area contributed by atoms with Gasteiger partial charge in [-0.1, -0.05) is 11.6 Å². The van der Waals surface area contributed by atoms with Crippen LogP contribution >= 0.6 is 11.6 Å². The van der Waals surface area contributed by atoms with E-state index in [0.29, 0.717) is 62.5 Å². The lowest BCUT2D eigenvalue weighted by Gasteiger charge is -2.43. The summed E-state index contributed by atoms with van der Waals surface area (Å²) in [4.78, 5) is 29.6. The van der Waals surface area contributed by atoms with Crippen LogP contribution in [0.3, 0.4) is 0 Å². The van der Waals surface area contributed by atoms with E-state index in [4.69, 9.17) is 21.1 Å². The summed E-state index contributed by atoms with van der Waals surface area (Å²) < 4.78 is 39.1. The summed E-state index contributed by atoms with van der Waals surface area (Å²) >= 11 is 5.96. The zero-order valence-electron chi connectivity index (χ0n) is 18.8. The van der Waals surface area contributed by atoms with Crippen LogP contribution < -0.4 is 4.74 Å². The number of amides is 2. The minimum absolute atomic E-state index is 0.0229. The average Bonchev–Trinajstić information content (AvgIpc) is 2.84. The lowest BCUT2D eigenvalue weighted by Crippen LogP contribution is -2.52. The summed E-state index contributed by atoms with van der Waals surface area (Å²) in [6.45, 7) is 2.90. The van der Waals surface area contributed by atoms with E-state index in [1.165, 1.54) is 4.90 Å². The Hall–Kier alpha value is -2.71. The Kier molecular flexibility index (Phi) is 7.68. The quantitative estimate of drug-likeness (QED) is 0.607. The molecule has 34 heavy (non-hydrogen) atoms. The number of halogens is 3. The predicted octanol–water partition coefficient (Wildman–Crippen LogP) is 4.17. The van der Waals surface area contributed by atoms with Gasteiger partial charge in [0, 0.05) is 49.1 Å². The second kappa shape index (κ2) is 10.7. The van der Waals surface area contributed by atoms with Crippen LogP contribution in [0.1, 0.15) is 29.6 Å². The molecule has 1 atom stereocenters. The summed E-state index contributed by atoms with van der Waals surface area (Å²) in [5, 5.41) is 0.584. The highest BCUT2D eigenvalue weighted by Gasteiger charge is 2.41. The second-order valence-electron chi connectivity index (χ2n) is 8.87. The summed E-state index contributed by atoms with van der Waals surface area (Å²) in [6.07, 6.45) is 1.50. The normalized spacial score (nSPS) is 20.8. The first-order valence-corrected chi connectivity index (χ1v) is 11.7. The van der Waals surface area contributed by atoms with E-state index in [0.717, 1.165) is 12.1 Å². The molecule has 2 aromatic carbocycles. The fraction of sp³-hybridized carbons (Fsp3) is 0.440. The molecule has 2 amide bonds. The van der Waals surface area contributed by atoms with Gasteiger partial charge in [-0.15, -0.1) is 0 Å². The van der Waals surface area contributed by atoms with Crippen molar-refractivity contribution in [2.75, 3.05) is 46.0 Å². The summed E-state index contributed by atoms with van der Waals surface area (Å²) in [5.41, 5.74) is -0.838. The maximum absolute atomic E-state index is 14.3. The third-order valence-electron chi connectivity index (χ3n) is 6.36. The topological polar surface area (TPSA) is 59.1 Å². The molecule has 2 aliphatic rings. The third kappa shape index (κ3) is 5.85. The molecule has 0 unspecified atom stereocenters. The summed E-state index contributed by atoms with van der Waals surface area (Å²) in [7, 11) is 0. The molecule has 2 aromatic rings. The van der Waals surface area contributed by atoms with Crippen LogP contribution in [-0.2, 0) is 9.53 Å². The monoisotopic (exact) mass is 492 g/mol. The molecule has 0 spiro atoms. The van der Waals surface area contributed by atoms with E-state index in [9.17, 15) is 18.4 Å². The van der Waals surface area contributed by atoms with E-state index in [2.05, 4.69) is 0 Å². The van der Waals surface area contributed by atoms with E-state index in [1.807, 2.05) is 0 Å². The molecule has 4 rings (SSSR count). The fourth-order valence-electron chi connectivity index (χ4n) is 4.54. The van der Waals surface area contributed by atoms with E-state index in [1.54, 1.807) is 29.2 Å². The Morgan fingerprint density at radius 1 is 1.03 bits per heavy atom. The first-order valence-electron chi connectivity index (χ1n) is 11.3. The van der Waals surface area contributed by atoms with Crippen molar-refractivity contribution in [3.63, 3.8) is 0 Å². The Bertz CT molecular complexity index is 1030. The summed E-state index contributed by atoms with van der Waals surface area (Å²) in [5.74, 6) is -1.58. The van der Waals surface area contributed by atoms with Crippen LogP contribution in [0.2, 0.25) is 5.02 Å². The molecule has 0 bridgehead atoms. The van der Waals surface area contributed by atoms with Gasteiger partial charge in [0.25, 0.3) is 5.91 Å². The molecule has 2 fully saturated rings. The van der Waals surface area contributed by atoms with Crippen molar-refractivity contribution in [1.82, 2.24) is 9.80 Å². The van der Waals surface area contributed by atoms with Crippen molar-refractivity contribution in [1.29, 1.82) is 0 Å². The molecule has 182 valence electrons. The second-order valence-corrected chi connectivity index (χ2v) is 9.30. The van der Waals surface area contributed by atoms with Gasteiger partial charge in [-0.2, -0.15) is 0 Å². The molecular weight excluding hydrogens is 466 g/mol. The number of hydrogen-bond acceptors (Lipinski definition) is 4. The highest BCUT2D eigenvalue weighted by molar-refractivity contribution is 6.30. The predicted molar refractivity (Wildman–Crippen MR) is 123 cm³/mol. The SMILES string of the molecule is O=C(C[C@]1(COc2ccc(Cl)cc2)CCCN(C(=O)c2ccc(F)cc2F)C1)N1CCOCC1. The minimum Gasteiger partial charge on any atom is -0.493 e. The lowest BCUT2D eigenvalue weighted by molar-refractivity contribution is -0.139. The van der Waals surface area contributed by atoms with Crippen LogP contribution in [-0.4, -0.2) is 67.6 Å². The van der Waals surface area contributed by atoms with Crippen LogP contribution in [0.15, 0.2) is 42.5 Å². The first kappa shape index (κ1) is 24.4. The molecule has 9 heteroatoms. The Labute approximate surface area is 202 Å². The van der Waals surface area contributed by atoms with Gasteiger partial charge in [0.1, 0.15) is 17.4 Å². The van der Waals surface area contributed by atoms with Gasteiger partial charge >= 0.3 is 0 Å². The van der Waals surface area contributed by atoms with Crippen molar-refractivity contribution in [2.24, 2.45) is 5.41 Å². The van der Waals surface area contributed by atoms with Gasteiger partial charge < -0.3 is 19.3 Å². The number of ether oxygens (including phenoxy) is 2. The zero-order chi connectivity index (χ0) is 24.1. The molecule has 2 saturated heterocycles.